The summed E-state index contributed by atoms with van der Waals surface area (Å²) >= 11 is 3.60. The van der Waals surface area contributed by atoms with Gasteiger partial charge in [0.2, 0.25) is 0 Å². The zero-order chi connectivity index (χ0) is 13.1. The molecule has 1 saturated heterocycles. The van der Waals surface area contributed by atoms with Gasteiger partial charge >= 0.3 is 0 Å². The maximum absolute atomic E-state index is 11.8. The number of ketones is 1. The third-order valence-corrected chi connectivity index (χ3v) is 5.85. The van der Waals surface area contributed by atoms with E-state index < -0.39 is 0 Å². The fourth-order valence-corrected chi connectivity index (χ4v) is 4.40. The fourth-order valence-electron chi connectivity index (χ4n) is 2.09. The van der Waals surface area contributed by atoms with E-state index in [0.717, 1.165) is 28.7 Å². The second-order valence-corrected chi connectivity index (χ2v) is 6.93. The molecular formula is C13H20N2OS2. The standard InChI is InChI=1S/C13H20N2OS2/c1-3-9-8-15(5-6-17-9)12-7-10(14)13(18-12)11(16)4-2/h7,9H,3-6,8,14H2,1-2H3. The van der Waals surface area contributed by atoms with Crippen molar-refractivity contribution in [3.63, 3.8) is 0 Å². The number of carbonyl (C=O) groups is 1. The zero-order valence-corrected chi connectivity index (χ0v) is 12.6. The highest BCUT2D eigenvalue weighted by atomic mass is 32.2. The number of nitrogens with two attached hydrogens (primary N) is 1. The van der Waals surface area contributed by atoms with Gasteiger partial charge in [0.15, 0.2) is 5.78 Å². The molecule has 0 spiro atoms. The lowest BCUT2D eigenvalue weighted by Crippen LogP contribution is -2.37. The molecule has 5 heteroatoms. The third-order valence-electron chi connectivity index (χ3n) is 3.23. The van der Waals surface area contributed by atoms with Gasteiger partial charge in [-0.05, 0) is 12.5 Å². The molecule has 0 radical (unpaired) electrons. The Balaban J connectivity index is 2.16. The zero-order valence-electron chi connectivity index (χ0n) is 10.9. The fraction of sp³-hybridized carbons (Fsp3) is 0.615. The Kier molecular flexibility index (Phi) is 4.56. The predicted molar refractivity (Wildman–Crippen MR) is 82.1 cm³/mol. The van der Waals surface area contributed by atoms with Crippen LogP contribution >= 0.6 is 23.1 Å². The average molecular weight is 284 g/mol. The average Bonchev–Trinajstić information content (AvgIpc) is 2.80. The number of nitrogen functional groups attached to an aromatic ring is 1. The molecule has 3 nitrogen and oxygen atoms in total. The van der Waals surface area contributed by atoms with E-state index in [1.165, 1.54) is 6.42 Å². The SMILES string of the molecule is CCC(=O)c1sc(N2CCSC(CC)C2)cc1N. The highest BCUT2D eigenvalue weighted by Crippen LogP contribution is 2.35. The molecule has 1 fully saturated rings. The Morgan fingerprint density at radius 1 is 1.56 bits per heavy atom. The van der Waals surface area contributed by atoms with Crippen molar-refractivity contribution in [1.29, 1.82) is 0 Å². The van der Waals surface area contributed by atoms with Crippen LogP contribution in [0.3, 0.4) is 0 Å². The first kappa shape index (κ1) is 13.7. The van der Waals surface area contributed by atoms with E-state index in [0.29, 0.717) is 17.4 Å². The Labute approximate surface area is 117 Å². The quantitative estimate of drug-likeness (QED) is 0.862. The molecule has 1 aliphatic rings. The lowest BCUT2D eigenvalue weighted by atomic mass is 10.2. The molecule has 2 heterocycles. The number of thiophene rings is 1. The van der Waals surface area contributed by atoms with Crippen LogP contribution in [0.2, 0.25) is 0 Å². The summed E-state index contributed by atoms with van der Waals surface area (Å²) in [7, 11) is 0. The van der Waals surface area contributed by atoms with E-state index in [9.17, 15) is 4.79 Å². The minimum absolute atomic E-state index is 0.155. The highest BCUT2D eigenvalue weighted by Gasteiger charge is 2.22. The number of nitrogens with zero attached hydrogens (tertiary/aromatic N) is 1. The van der Waals surface area contributed by atoms with Crippen molar-refractivity contribution in [1.82, 2.24) is 0 Å². The maximum Gasteiger partial charge on any atom is 0.174 e. The van der Waals surface area contributed by atoms with Crippen LogP contribution in [0.25, 0.3) is 0 Å². The van der Waals surface area contributed by atoms with E-state index in [4.69, 9.17) is 5.73 Å². The molecule has 1 aliphatic heterocycles. The number of Topliss-reactive ketones (excluding diaryl/α,β-unsaturated/α-hetero) is 1. The van der Waals surface area contributed by atoms with Gasteiger partial charge in [0, 0.05) is 30.5 Å². The Morgan fingerprint density at radius 2 is 2.33 bits per heavy atom. The molecule has 1 aromatic rings. The van der Waals surface area contributed by atoms with Gasteiger partial charge in [-0.1, -0.05) is 13.8 Å². The molecule has 100 valence electrons. The van der Waals surface area contributed by atoms with E-state index in [2.05, 4.69) is 11.8 Å². The molecule has 1 atom stereocenters. The van der Waals surface area contributed by atoms with Gasteiger partial charge < -0.3 is 10.6 Å². The van der Waals surface area contributed by atoms with E-state index >= 15 is 0 Å². The lowest BCUT2D eigenvalue weighted by molar-refractivity contribution is 0.0993. The first-order valence-corrected chi connectivity index (χ1v) is 8.31. The number of thioether (sulfide) groups is 1. The topological polar surface area (TPSA) is 46.3 Å². The smallest absolute Gasteiger partial charge is 0.174 e. The largest absolute Gasteiger partial charge is 0.397 e. The molecule has 2 N–H and O–H groups in total. The summed E-state index contributed by atoms with van der Waals surface area (Å²) < 4.78 is 0. The summed E-state index contributed by atoms with van der Waals surface area (Å²) in [6.45, 7) is 6.24. The number of hydrogen-bond donors (Lipinski definition) is 1. The van der Waals surface area contributed by atoms with Crippen molar-refractivity contribution < 1.29 is 4.79 Å². The Morgan fingerprint density at radius 3 is 3.00 bits per heavy atom. The van der Waals surface area contributed by atoms with Crippen molar-refractivity contribution in [2.24, 2.45) is 0 Å². The second-order valence-electron chi connectivity index (χ2n) is 4.49. The molecule has 18 heavy (non-hydrogen) atoms. The summed E-state index contributed by atoms with van der Waals surface area (Å²) in [6.07, 6.45) is 1.72. The van der Waals surface area contributed by atoms with E-state index in [1.807, 2.05) is 24.8 Å². The van der Waals surface area contributed by atoms with Crippen LogP contribution in [0.4, 0.5) is 10.7 Å². The first-order valence-electron chi connectivity index (χ1n) is 6.44. The molecule has 0 saturated carbocycles. The molecule has 0 aromatic carbocycles. The molecule has 1 aromatic heterocycles. The van der Waals surface area contributed by atoms with Crippen molar-refractivity contribution in [2.75, 3.05) is 29.5 Å². The van der Waals surface area contributed by atoms with E-state index in [-0.39, 0.29) is 5.78 Å². The lowest BCUT2D eigenvalue weighted by Gasteiger charge is -2.32. The number of rotatable bonds is 4. The molecule has 0 aliphatic carbocycles. The molecule has 0 bridgehead atoms. The molecule has 1 unspecified atom stereocenters. The summed E-state index contributed by atoms with van der Waals surface area (Å²) in [6, 6.07) is 1.97. The van der Waals surface area contributed by atoms with Crippen molar-refractivity contribution in [3.05, 3.63) is 10.9 Å². The van der Waals surface area contributed by atoms with Crippen LogP contribution in [0, 0.1) is 0 Å². The van der Waals surface area contributed by atoms with Crippen molar-refractivity contribution >= 4 is 39.6 Å². The van der Waals surface area contributed by atoms with Gasteiger partial charge in [0.05, 0.1) is 15.6 Å². The predicted octanol–water partition coefficient (Wildman–Crippen LogP) is 3.25. The number of carbonyl (C=O) groups excluding carboxylic acids is 1. The highest BCUT2D eigenvalue weighted by molar-refractivity contribution is 8.00. The van der Waals surface area contributed by atoms with Crippen LogP contribution in [-0.4, -0.2) is 29.9 Å². The van der Waals surface area contributed by atoms with E-state index in [1.54, 1.807) is 11.3 Å². The third kappa shape index (κ3) is 2.83. The molecule has 2 rings (SSSR count). The van der Waals surface area contributed by atoms with Gasteiger partial charge in [0.1, 0.15) is 0 Å². The van der Waals surface area contributed by atoms with Crippen LogP contribution in [0.1, 0.15) is 36.4 Å². The Bertz CT molecular complexity index is 431. The second kappa shape index (κ2) is 5.97. The molecular weight excluding hydrogens is 264 g/mol. The minimum Gasteiger partial charge on any atom is -0.397 e. The Hall–Kier alpha value is -0.680. The van der Waals surface area contributed by atoms with Crippen LogP contribution in [0.5, 0.6) is 0 Å². The van der Waals surface area contributed by atoms with Gasteiger partial charge in [-0.3, -0.25) is 4.79 Å². The van der Waals surface area contributed by atoms with Crippen molar-refractivity contribution in [2.45, 2.75) is 31.9 Å². The normalized spacial score (nSPS) is 20.1. The van der Waals surface area contributed by atoms with Crippen LogP contribution < -0.4 is 10.6 Å². The monoisotopic (exact) mass is 284 g/mol. The minimum atomic E-state index is 0.155. The van der Waals surface area contributed by atoms with Gasteiger partial charge in [-0.25, -0.2) is 0 Å². The van der Waals surface area contributed by atoms with Gasteiger partial charge in [0.25, 0.3) is 0 Å². The summed E-state index contributed by atoms with van der Waals surface area (Å²) in [4.78, 5) is 14.9. The molecule has 0 amide bonds. The van der Waals surface area contributed by atoms with Gasteiger partial charge in [-0.2, -0.15) is 11.8 Å². The van der Waals surface area contributed by atoms with Crippen LogP contribution in [-0.2, 0) is 0 Å². The first-order chi connectivity index (χ1) is 8.65. The number of anilines is 2. The maximum atomic E-state index is 11.8. The van der Waals surface area contributed by atoms with Gasteiger partial charge in [-0.15, -0.1) is 11.3 Å². The summed E-state index contributed by atoms with van der Waals surface area (Å²) in [5, 5.41) is 1.86. The number of hydrogen-bond acceptors (Lipinski definition) is 5. The van der Waals surface area contributed by atoms with Crippen molar-refractivity contribution in [3.8, 4) is 0 Å². The van der Waals surface area contributed by atoms with Crippen LogP contribution in [0.15, 0.2) is 6.07 Å². The summed E-state index contributed by atoms with van der Waals surface area (Å²) in [5.74, 6) is 1.31. The summed E-state index contributed by atoms with van der Waals surface area (Å²) in [5.41, 5.74) is 6.60.